The lowest BCUT2D eigenvalue weighted by atomic mass is 10.1. The molecule has 0 aliphatic carbocycles. The van der Waals surface area contributed by atoms with Gasteiger partial charge in [0.1, 0.15) is 5.69 Å². The van der Waals surface area contributed by atoms with E-state index >= 15 is 0 Å². The molecule has 0 amide bonds. The molecule has 0 radical (unpaired) electrons. The van der Waals surface area contributed by atoms with Crippen molar-refractivity contribution in [1.29, 1.82) is 0 Å². The lowest BCUT2D eigenvalue weighted by molar-refractivity contribution is 0.103. The van der Waals surface area contributed by atoms with Crippen LogP contribution in [0.25, 0.3) is 11.4 Å². The zero-order chi connectivity index (χ0) is 29.0. The molecule has 0 saturated heterocycles. The first-order chi connectivity index (χ1) is 19.2. The van der Waals surface area contributed by atoms with Gasteiger partial charge in [-0.1, -0.05) is 18.2 Å². The third-order valence-corrected chi connectivity index (χ3v) is 7.72. The fraction of sp³-hybridized carbons (Fsp3) is 0.214. The van der Waals surface area contributed by atoms with Gasteiger partial charge in [0.15, 0.2) is 28.8 Å². The number of nitrogens with zero attached hydrogens (tertiary/aromatic N) is 2. The zero-order valence-electron chi connectivity index (χ0n) is 22.8. The molecule has 4 rings (SSSR count). The number of benzene rings is 3. The van der Waals surface area contributed by atoms with Gasteiger partial charge >= 0.3 is 0 Å². The van der Waals surface area contributed by atoms with Crippen LogP contribution in [0, 0.1) is 0 Å². The number of hydrogen-bond acceptors (Lipinski definition) is 10. The number of aromatic nitrogens is 2. The maximum atomic E-state index is 13.8. The second-order valence-electron chi connectivity index (χ2n) is 8.22. The normalized spacial score (nSPS) is 11.1. The molecule has 40 heavy (non-hydrogen) atoms. The van der Waals surface area contributed by atoms with Gasteiger partial charge in [-0.15, -0.1) is 0 Å². The van der Waals surface area contributed by atoms with E-state index in [4.69, 9.17) is 28.4 Å². The Morgan fingerprint density at radius 1 is 0.700 bits per heavy atom. The number of carbonyl (C=O) groups excluding carboxylic acids is 1. The molecule has 0 aliphatic rings. The molecule has 11 nitrogen and oxygen atoms in total. The molecule has 1 aromatic heterocycles. The summed E-state index contributed by atoms with van der Waals surface area (Å²) in [5.41, 5.74) is 0.309. The molecule has 12 heteroatoms. The van der Waals surface area contributed by atoms with Crippen LogP contribution in [0.1, 0.15) is 16.1 Å². The molecule has 0 atom stereocenters. The van der Waals surface area contributed by atoms with Crippen molar-refractivity contribution in [3.63, 3.8) is 0 Å². The highest BCUT2D eigenvalue weighted by Crippen LogP contribution is 2.42. The van der Waals surface area contributed by atoms with Gasteiger partial charge in [-0.25, -0.2) is 17.4 Å². The predicted octanol–water partition coefficient (Wildman–Crippen LogP) is 4.07. The number of carbonyl (C=O) groups is 1. The molecular formula is C28H28N2O9S. The number of rotatable bonds is 11. The molecule has 0 bridgehead atoms. The second kappa shape index (κ2) is 11.6. The minimum Gasteiger partial charge on any atom is -0.493 e. The summed E-state index contributed by atoms with van der Waals surface area (Å²) in [6.07, 6.45) is 1.17. The maximum absolute atomic E-state index is 13.8. The van der Waals surface area contributed by atoms with Gasteiger partial charge < -0.3 is 28.4 Å². The zero-order valence-corrected chi connectivity index (χ0v) is 23.6. The van der Waals surface area contributed by atoms with Crippen molar-refractivity contribution in [1.82, 2.24) is 8.96 Å². The quantitative estimate of drug-likeness (QED) is 0.245. The topological polar surface area (TPSA) is 124 Å². The summed E-state index contributed by atoms with van der Waals surface area (Å²) in [4.78, 5) is 18.2. The molecule has 0 unspecified atom stereocenters. The lowest BCUT2D eigenvalue weighted by Gasteiger charge is -2.15. The lowest BCUT2D eigenvalue weighted by Crippen LogP contribution is -2.13. The van der Waals surface area contributed by atoms with Crippen molar-refractivity contribution in [3.8, 4) is 45.9 Å². The van der Waals surface area contributed by atoms with E-state index < -0.39 is 15.8 Å². The smallest absolute Gasteiger partial charge is 0.269 e. The maximum Gasteiger partial charge on any atom is 0.269 e. The van der Waals surface area contributed by atoms with Gasteiger partial charge in [0, 0.05) is 11.1 Å². The van der Waals surface area contributed by atoms with E-state index in [-0.39, 0.29) is 45.0 Å². The van der Waals surface area contributed by atoms with E-state index in [1.165, 1.54) is 73.1 Å². The van der Waals surface area contributed by atoms with Crippen LogP contribution >= 0.6 is 0 Å². The minimum absolute atomic E-state index is 0.00729. The summed E-state index contributed by atoms with van der Waals surface area (Å²) in [5, 5.41) is 0. The van der Waals surface area contributed by atoms with E-state index in [1.807, 2.05) is 0 Å². The average Bonchev–Trinajstić information content (AvgIpc) is 3.46. The highest BCUT2D eigenvalue weighted by atomic mass is 32.2. The Morgan fingerprint density at radius 3 is 1.62 bits per heavy atom. The van der Waals surface area contributed by atoms with Crippen LogP contribution in [0.5, 0.6) is 34.5 Å². The highest BCUT2D eigenvalue weighted by molar-refractivity contribution is 7.90. The monoisotopic (exact) mass is 568 g/mol. The molecule has 0 N–H and O–H groups in total. The van der Waals surface area contributed by atoms with Crippen LogP contribution in [-0.4, -0.2) is 65.8 Å². The van der Waals surface area contributed by atoms with Gasteiger partial charge in [0.05, 0.1) is 53.8 Å². The molecule has 0 aliphatic heterocycles. The first-order valence-electron chi connectivity index (χ1n) is 11.8. The largest absolute Gasteiger partial charge is 0.493 e. The summed E-state index contributed by atoms with van der Waals surface area (Å²) in [6, 6.07) is 13.8. The van der Waals surface area contributed by atoms with E-state index in [9.17, 15) is 13.2 Å². The third-order valence-electron chi connectivity index (χ3n) is 6.06. The number of ether oxygens (including phenoxy) is 6. The summed E-state index contributed by atoms with van der Waals surface area (Å²) in [5.74, 6) is 1.07. The van der Waals surface area contributed by atoms with Gasteiger partial charge in [-0.3, -0.25) is 4.79 Å². The number of methoxy groups -OCH3 is 6. The van der Waals surface area contributed by atoms with Crippen LogP contribution in [-0.2, 0) is 10.0 Å². The Kier molecular flexibility index (Phi) is 8.19. The van der Waals surface area contributed by atoms with Crippen molar-refractivity contribution < 1.29 is 41.6 Å². The van der Waals surface area contributed by atoms with E-state index in [0.29, 0.717) is 17.1 Å². The molecule has 1 heterocycles. The Labute approximate surface area is 231 Å². The highest BCUT2D eigenvalue weighted by Gasteiger charge is 2.28. The van der Waals surface area contributed by atoms with Gasteiger partial charge in [0.25, 0.3) is 10.0 Å². The first kappa shape index (κ1) is 28.3. The second-order valence-corrected chi connectivity index (χ2v) is 10.0. The fourth-order valence-electron chi connectivity index (χ4n) is 4.13. The van der Waals surface area contributed by atoms with E-state index in [2.05, 4.69) is 4.98 Å². The summed E-state index contributed by atoms with van der Waals surface area (Å²) < 4.78 is 60.9. The van der Waals surface area contributed by atoms with Crippen molar-refractivity contribution in [2.75, 3.05) is 42.7 Å². The van der Waals surface area contributed by atoms with Crippen molar-refractivity contribution in [2.24, 2.45) is 0 Å². The molecule has 3 aromatic carbocycles. The van der Waals surface area contributed by atoms with Crippen molar-refractivity contribution in [2.45, 2.75) is 4.90 Å². The molecule has 0 spiro atoms. The Morgan fingerprint density at radius 2 is 1.18 bits per heavy atom. The summed E-state index contributed by atoms with van der Waals surface area (Å²) in [6.45, 7) is 0. The molecule has 4 aromatic rings. The molecule has 0 fully saturated rings. The van der Waals surface area contributed by atoms with Crippen LogP contribution in [0.15, 0.2) is 65.7 Å². The van der Waals surface area contributed by atoms with Gasteiger partial charge in [-0.2, -0.15) is 0 Å². The van der Waals surface area contributed by atoms with Gasteiger partial charge in [-0.05, 0) is 36.4 Å². The van der Waals surface area contributed by atoms with E-state index in [1.54, 1.807) is 30.3 Å². The van der Waals surface area contributed by atoms with E-state index in [0.717, 1.165) is 3.97 Å². The fourth-order valence-corrected chi connectivity index (χ4v) is 5.47. The third kappa shape index (κ3) is 5.00. The Bertz CT molecular complexity index is 1600. The standard InChI is InChI=1S/C28H28N2O9S/c1-34-21-12-17(13-22(35-2)26(21)38-5)25(31)20-16-30(40(32,33)19-10-8-7-9-11-19)28(29-20)18-14-23(36-3)27(39-6)24(15-18)37-4/h7-16H,1-6H3. The predicted molar refractivity (Wildman–Crippen MR) is 146 cm³/mol. The Balaban J connectivity index is 1.97. The summed E-state index contributed by atoms with van der Waals surface area (Å²) in [7, 11) is 4.44. The SMILES string of the molecule is COc1cc(C(=O)c2cn(S(=O)(=O)c3ccccc3)c(-c3cc(OC)c(OC)c(OC)c3)n2)cc(OC)c1OC. The first-order valence-corrected chi connectivity index (χ1v) is 13.2. The van der Waals surface area contributed by atoms with Crippen LogP contribution in [0.2, 0.25) is 0 Å². The number of ketones is 1. The number of hydrogen-bond donors (Lipinski definition) is 0. The van der Waals surface area contributed by atoms with Crippen molar-refractivity contribution >= 4 is 15.8 Å². The van der Waals surface area contributed by atoms with Crippen LogP contribution in [0.3, 0.4) is 0 Å². The molecular weight excluding hydrogens is 540 g/mol. The molecule has 0 saturated carbocycles. The number of imidazole rings is 1. The van der Waals surface area contributed by atoms with Crippen molar-refractivity contribution in [3.05, 3.63) is 72.1 Å². The van der Waals surface area contributed by atoms with Crippen LogP contribution in [0.4, 0.5) is 0 Å². The average molecular weight is 569 g/mol. The Hall–Kier alpha value is -4.71. The van der Waals surface area contributed by atoms with Crippen LogP contribution < -0.4 is 28.4 Å². The van der Waals surface area contributed by atoms with Gasteiger partial charge in [0.2, 0.25) is 17.3 Å². The summed E-state index contributed by atoms with van der Waals surface area (Å²) >= 11 is 0. The minimum atomic E-state index is -4.18. The molecule has 210 valence electrons.